The highest BCUT2D eigenvalue weighted by atomic mass is 19.1. The molecular formula is C16H17FN2O2. The second kappa shape index (κ2) is 6.83. The highest BCUT2D eigenvalue weighted by Gasteiger charge is 2.10. The average Bonchev–Trinajstić information content (AvgIpc) is 2.47. The molecule has 2 aromatic carbocycles. The van der Waals surface area contributed by atoms with Crippen LogP contribution in [0.5, 0.6) is 0 Å². The van der Waals surface area contributed by atoms with Crippen LogP contribution in [0.15, 0.2) is 48.5 Å². The Labute approximate surface area is 122 Å². The molecule has 21 heavy (non-hydrogen) atoms. The highest BCUT2D eigenvalue weighted by molar-refractivity contribution is 5.51. The van der Waals surface area contributed by atoms with E-state index in [4.69, 9.17) is 0 Å². The Morgan fingerprint density at radius 3 is 2.62 bits per heavy atom. The third kappa shape index (κ3) is 4.27. The molecule has 0 fully saturated rings. The molecule has 0 saturated carbocycles. The van der Waals surface area contributed by atoms with Crippen molar-refractivity contribution in [1.29, 1.82) is 0 Å². The molecule has 0 bridgehead atoms. The minimum absolute atomic E-state index is 0.242. The van der Waals surface area contributed by atoms with Crippen molar-refractivity contribution < 1.29 is 9.31 Å². The van der Waals surface area contributed by atoms with Crippen LogP contribution in [0.2, 0.25) is 0 Å². The molecule has 0 aliphatic rings. The molecule has 0 aromatic heterocycles. The van der Waals surface area contributed by atoms with Gasteiger partial charge in [0.05, 0.1) is 11.0 Å². The minimum Gasteiger partial charge on any atom is -0.385 e. The van der Waals surface area contributed by atoms with Gasteiger partial charge in [0, 0.05) is 18.3 Å². The number of nitrogens with one attached hydrogen (secondary N) is 1. The lowest BCUT2D eigenvalue weighted by Gasteiger charge is -2.13. The predicted molar refractivity (Wildman–Crippen MR) is 81.0 cm³/mol. The van der Waals surface area contributed by atoms with Crippen molar-refractivity contribution in [2.24, 2.45) is 0 Å². The lowest BCUT2D eigenvalue weighted by molar-refractivity contribution is -0.385. The van der Waals surface area contributed by atoms with Crippen LogP contribution in [0.1, 0.15) is 24.8 Å². The van der Waals surface area contributed by atoms with Crippen molar-refractivity contribution >= 4 is 11.4 Å². The molecule has 110 valence electrons. The van der Waals surface area contributed by atoms with E-state index in [2.05, 4.69) is 24.4 Å². The van der Waals surface area contributed by atoms with E-state index in [1.165, 1.54) is 17.7 Å². The van der Waals surface area contributed by atoms with Crippen LogP contribution in [0.4, 0.5) is 15.8 Å². The van der Waals surface area contributed by atoms with Gasteiger partial charge in [0.2, 0.25) is 0 Å². The van der Waals surface area contributed by atoms with Gasteiger partial charge < -0.3 is 5.32 Å². The maximum absolute atomic E-state index is 13.3. The molecule has 0 amide bonds. The Morgan fingerprint density at radius 2 is 1.95 bits per heavy atom. The number of anilines is 1. The van der Waals surface area contributed by atoms with Crippen molar-refractivity contribution in [1.82, 2.24) is 0 Å². The van der Waals surface area contributed by atoms with Gasteiger partial charge in [-0.2, -0.15) is 0 Å². The first-order valence-electron chi connectivity index (χ1n) is 6.80. The van der Waals surface area contributed by atoms with Crippen LogP contribution >= 0.6 is 0 Å². The van der Waals surface area contributed by atoms with Crippen molar-refractivity contribution in [2.75, 3.05) is 11.9 Å². The molecule has 2 rings (SSSR count). The van der Waals surface area contributed by atoms with Crippen LogP contribution < -0.4 is 5.32 Å². The summed E-state index contributed by atoms with van der Waals surface area (Å²) in [6.45, 7) is 2.74. The fourth-order valence-corrected chi connectivity index (χ4v) is 2.16. The zero-order valence-electron chi connectivity index (χ0n) is 11.8. The van der Waals surface area contributed by atoms with Gasteiger partial charge in [-0.15, -0.1) is 0 Å². The minimum atomic E-state index is -0.609. The number of nitro groups is 1. The van der Waals surface area contributed by atoms with Crippen LogP contribution in [-0.2, 0) is 0 Å². The largest absolute Gasteiger partial charge is 0.385 e. The Morgan fingerprint density at radius 1 is 1.24 bits per heavy atom. The van der Waals surface area contributed by atoms with E-state index in [1.54, 1.807) is 0 Å². The Hall–Kier alpha value is -2.43. The molecule has 1 N–H and O–H groups in total. The standard InChI is InChI=1S/C16H17FN2O2/c1-12(13-5-3-2-4-6-13)7-8-18-15-9-14(17)10-16(11-15)19(20)21/h2-6,9-12,18H,7-8H2,1H3. The topological polar surface area (TPSA) is 55.2 Å². The van der Waals surface area contributed by atoms with Crippen LogP contribution in [-0.4, -0.2) is 11.5 Å². The highest BCUT2D eigenvalue weighted by Crippen LogP contribution is 2.22. The van der Waals surface area contributed by atoms with Crippen molar-refractivity contribution in [3.05, 3.63) is 70.0 Å². The second-order valence-electron chi connectivity index (χ2n) is 4.98. The summed E-state index contributed by atoms with van der Waals surface area (Å²) in [7, 11) is 0. The van der Waals surface area contributed by atoms with E-state index in [-0.39, 0.29) is 5.69 Å². The van der Waals surface area contributed by atoms with E-state index < -0.39 is 10.7 Å². The molecule has 0 spiro atoms. The molecule has 0 heterocycles. The zero-order valence-corrected chi connectivity index (χ0v) is 11.8. The van der Waals surface area contributed by atoms with E-state index in [0.717, 1.165) is 12.5 Å². The van der Waals surface area contributed by atoms with Crippen LogP contribution in [0.3, 0.4) is 0 Å². The fraction of sp³-hybridized carbons (Fsp3) is 0.250. The molecule has 5 heteroatoms. The maximum atomic E-state index is 13.3. The summed E-state index contributed by atoms with van der Waals surface area (Å²) >= 11 is 0. The van der Waals surface area contributed by atoms with Gasteiger partial charge in [-0.05, 0) is 24.0 Å². The van der Waals surface area contributed by atoms with Gasteiger partial charge in [-0.25, -0.2) is 4.39 Å². The second-order valence-corrected chi connectivity index (χ2v) is 4.98. The van der Waals surface area contributed by atoms with E-state index in [9.17, 15) is 14.5 Å². The van der Waals surface area contributed by atoms with Gasteiger partial charge in [0.15, 0.2) is 0 Å². The summed E-state index contributed by atoms with van der Waals surface area (Å²) in [5.41, 5.74) is 1.43. The van der Waals surface area contributed by atoms with Gasteiger partial charge in [0.1, 0.15) is 5.82 Å². The number of non-ortho nitro benzene ring substituents is 1. The molecule has 1 unspecified atom stereocenters. The average molecular weight is 288 g/mol. The SMILES string of the molecule is CC(CCNc1cc(F)cc([N+](=O)[O-])c1)c1ccccc1. The summed E-state index contributed by atoms with van der Waals surface area (Å²) in [4.78, 5) is 10.1. The van der Waals surface area contributed by atoms with Crippen LogP contribution in [0, 0.1) is 15.9 Å². The van der Waals surface area contributed by atoms with E-state index in [0.29, 0.717) is 18.2 Å². The molecule has 0 aliphatic heterocycles. The van der Waals surface area contributed by atoms with Gasteiger partial charge in [-0.3, -0.25) is 10.1 Å². The van der Waals surface area contributed by atoms with Crippen molar-refractivity contribution in [2.45, 2.75) is 19.3 Å². The van der Waals surface area contributed by atoms with Crippen molar-refractivity contribution in [3.8, 4) is 0 Å². The number of hydrogen-bond acceptors (Lipinski definition) is 3. The summed E-state index contributed by atoms with van der Waals surface area (Å²) in [6, 6.07) is 13.6. The van der Waals surface area contributed by atoms with E-state index in [1.807, 2.05) is 18.2 Å². The molecule has 0 radical (unpaired) electrons. The summed E-state index contributed by atoms with van der Waals surface area (Å²) in [5, 5.41) is 13.7. The first-order chi connectivity index (χ1) is 10.1. The monoisotopic (exact) mass is 288 g/mol. The lowest BCUT2D eigenvalue weighted by atomic mass is 9.98. The summed E-state index contributed by atoms with van der Waals surface area (Å²) in [6.07, 6.45) is 0.855. The quantitative estimate of drug-likeness (QED) is 0.635. The molecule has 2 aromatic rings. The Balaban J connectivity index is 1.93. The Kier molecular flexibility index (Phi) is 4.87. The maximum Gasteiger partial charge on any atom is 0.274 e. The van der Waals surface area contributed by atoms with Crippen LogP contribution in [0.25, 0.3) is 0 Å². The normalized spacial score (nSPS) is 11.9. The third-order valence-electron chi connectivity index (χ3n) is 3.37. The first kappa shape index (κ1) is 15.0. The smallest absolute Gasteiger partial charge is 0.274 e. The number of hydrogen-bond donors (Lipinski definition) is 1. The number of benzene rings is 2. The molecule has 1 atom stereocenters. The molecule has 0 aliphatic carbocycles. The summed E-state index contributed by atoms with van der Waals surface area (Å²) < 4.78 is 13.3. The number of nitrogens with zero attached hydrogens (tertiary/aromatic N) is 1. The van der Waals surface area contributed by atoms with E-state index >= 15 is 0 Å². The lowest BCUT2D eigenvalue weighted by Crippen LogP contribution is -2.06. The third-order valence-corrected chi connectivity index (χ3v) is 3.37. The predicted octanol–water partition coefficient (Wildman–Crippen LogP) is 4.34. The molecule has 4 nitrogen and oxygen atoms in total. The number of rotatable bonds is 6. The Bertz CT molecular complexity index is 617. The van der Waals surface area contributed by atoms with Gasteiger partial charge in [0.25, 0.3) is 5.69 Å². The van der Waals surface area contributed by atoms with Crippen molar-refractivity contribution in [3.63, 3.8) is 0 Å². The molecule has 0 saturated heterocycles. The van der Waals surface area contributed by atoms with Gasteiger partial charge >= 0.3 is 0 Å². The van der Waals surface area contributed by atoms with Gasteiger partial charge in [-0.1, -0.05) is 37.3 Å². The zero-order chi connectivity index (χ0) is 15.2. The number of halogens is 1. The fourth-order valence-electron chi connectivity index (χ4n) is 2.16. The summed E-state index contributed by atoms with van der Waals surface area (Å²) in [5.74, 6) is -0.245. The number of nitro benzene ring substituents is 1. The molecular weight excluding hydrogens is 271 g/mol. The first-order valence-corrected chi connectivity index (χ1v) is 6.80.